The van der Waals surface area contributed by atoms with Crippen LogP contribution in [0.25, 0.3) is 0 Å². The van der Waals surface area contributed by atoms with Gasteiger partial charge in [0.05, 0.1) is 0 Å². The largest absolute Gasteiger partial charge is 0.0851 e. The van der Waals surface area contributed by atoms with E-state index in [1.54, 1.807) is 5.57 Å². The number of hydrogen-bond donors (Lipinski definition) is 0. The molecular formula is C11H22. The van der Waals surface area contributed by atoms with Gasteiger partial charge in [0.1, 0.15) is 0 Å². The van der Waals surface area contributed by atoms with Gasteiger partial charge in [0.2, 0.25) is 0 Å². The van der Waals surface area contributed by atoms with Crippen LogP contribution in [-0.4, -0.2) is 0 Å². The lowest BCUT2D eigenvalue weighted by Gasteiger charge is -2.09. The van der Waals surface area contributed by atoms with Crippen LogP contribution in [-0.2, 0) is 0 Å². The van der Waals surface area contributed by atoms with E-state index in [0.29, 0.717) is 0 Å². The van der Waals surface area contributed by atoms with Crippen LogP contribution < -0.4 is 0 Å². The van der Waals surface area contributed by atoms with Crippen LogP contribution in [0.2, 0.25) is 0 Å². The molecule has 0 radical (unpaired) electrons. The Hall–Kier alpha value is -0.260. The van der Waals surface area contributed by atoms with Crippen LogP contribution in [0.4, 0.5) is 0 Å². The quantitative estimate of drug-likeness (QED) is 0.521. The minimum atomic E-state index is 0.751. The molecule has 0 unspecified atom stereocenters. The Morgan fingerprint density at radius 2 is 1.82 bits per heavy atom. The van der Waals surface area contributed by atoms with Crippen molar-refractivity contribution in [1.29, 1.82) is 0 Å². The van der Waals surface area contributed by atoms with Crippen molar-refractivity contribution in [3.63, 3.8) is 0 Å². The van der Waals surface area contributed by atoms with E-state index in [2.05, 4.69) is 33.8 Å². The molecule has 0 saturated carbocycles. The molecule has 0 fully saturated rings. The molecule has 0 heteroatoms. The zero-order chi connectivity index (χ0) is 8.69. The molecule has 0 aromatic carbocycles. The molecule has 0 bridgehead atoms. The van der Waals surface area contributed by atoms with Crippen molar-refractivity contribution in [2.24, 2.45) is 5.92 Å². The number of rotatable bonds is 5. The third kappa shape index (κ3) is 5.06. The molecule has 0 spiro atoms. The van der Waals surface area contributed by atoms with E-state index >= 15 is 0 Å². The Bertz CT molecular complexity index is 109. The molecule has 0 aromatic heterocycles. The van der Waals surface area contributed by atoms with Gasteiger partial charge in [0.25, 0.3) is 0 Å². The summed E-state index contributed by atoms with van der Waals surface area (Å²) < 4.78 is 0. The van der Waals surface area contributed by atoms with Crippen molar-refractivity contribution in [3.8, 4) is 0 Å². The highest BCUT2D eigenvalue weighted by Crippen LogP contribution is 2.16. The Morgan fingerprint density at radius 3 is 2.18 bits per heavy atom. The Labute approximate surface area is 71.7 Å². The average molecular weight is 154 g/mol. The molecule has 0 aliphatic heterocycles. The molecule has 66 valence electrons. The second-order valence-electron chi connectivity index (χ2n) is 3.47. The molecule has 0 N–H and O–H groups in total. The average Bonchev–Trinajstić information content (AvgIpc) is 1.97. The highest BCUT2D eigenvalue weighted by molar-refractivity contribution is 5.04. The number of allylic oxidation sites excluding steroid dienone is 2. The molecular weight excluding hydrogens is 132 g/mol. The van der Waals surface area contributed by atoms with Gasteiger partial charge in [-0.25, -0.2) is 0 Å². The van der Waals surface area contributed by atoms with Crippen molar-refractivity contribution >= 4 is 0 Å². The first kappa shape index (κ1) is 10.7. The van der Waals surface area contributed by atoms with Crippen LogP contribution in [0.15, 0.2) is 11.6 Å². The predicted octanol–water partition coefficient (Wildman–Crippen LogP) is 4.17. The van der Waals surface area contributed by atoms with E-state index in [0.717, 1.165) is 5.92 Å². The monoisotopic (exact) mass is 154 g/mol. The Kier molecular flexibility index (Phi) is 6.30. The standard InChI is InChI=1S/C11H22/c1-5-7-9-11(8-6-2)10(3)4/h9-10H,5-8H2,1-4H3. The summed E-state index contributed by atoms with van der Waals surface area (Å²) in [6, 6.07) is 0. The summed E-state index contributed by atoms with van der Waals surface area (Å²) in [5, 5.41) is 0. The van der Waals surface area contributed by atoms with Crippen molar-refractivity contribution in [3.05, 3.63) is 11.6 Å². The summed E-state index contributed by atoms with van der Waals surface area (Å²) in [7, 11) is 0. The summed E-state index contributed by atoms with van der Waals surface area (Å²) in [6.45, 7) is 9.07. The number of hydrogen-bond acceptors (Lipinski definition) is 0. The minimum absolute atomic E-state index is 0.751. The maximum absolute atomic E-state index is 2.42. The third-order valence-corrected chi connectivity index (χ3v) is 1.98. The fraction of sp³-hybridized carbons (Fsp3) is 0.818. The zero-order valence-corrected chi connectivity index (χ0v) is 8.48. The molecule has 0 saturated heterocycles. The van der Waals surface area contributed by atoms with Crippen molar-refractivity contribution in [2.45, 2.75) is 53.4 Å². The lowest BCUT2D eigenvalue weighted by atomic mass is 9.97. The fourth-order valence-corrected chi connectivity index (χ4v) is 1.24. The van der Waals surface area contributed by atoms with Crippen molar-refractivity contribution in [2.75, 3.05) is 0 Å². The first-order valence-electron chi connectivity index (χ1n) is 4.91. The van der Waals surface area contributed by atoms with E-state index in [-0.39, 0.29) is 0 Å². The molecule has 0 heterocycles. The van der Waals surface area contributed by atoms with Crippen LogP contribution in [0, 0.1) is 5.92 Å². The molecule has 0 rings (SSSR count). The summed E-state index contributed by atoms with van der Waals surface area (Å²) in [6.07, 6.45) is 7.53. The van der Waals surface area contributed by atoms with Gasteiger partial charge in [0, 0.05) is 0 Å². The highest BCUT2D eigenvalue weighted by Gasteiger charge is 1.99. The molecule has 0 nitrogen and oxygen atoms in total. The Morgan fingerprint density at radius 1 is 1.18 bits per heavy atom. The van der Waals surface area contributed by atoms with E-state index < -0.39 is 0 Å². The van der Waals surface area contributed by atoms with Crippen LogP contribution in [0.5, 0.6) is 0 Å². The van der Waals surface area contributed by atoms with E-state index in [4.69, 9.17) is 0 Å². The zero-order valence-electron chi connectivity index (χ0n) is 8.48. The lowest BCUT2D eigenvalue weighted by Crippen LogP contribution is -1.93. The van der Waals surface area contributed by atoms with Gasteiger partial charge >= 0.3 is 0 Å². The SMILES string of the molecule is CCCC=C(CCC)C(C)C. The maximum Gasteiger partial charge on any atom is -0.0260 e. The second-order valence-corrected chi connectivity index (χ2v) is 3.47. The normalized spacial score (nSPS) is 12.6. The van der Waals surface area contributed by atoms with E-state index in [1.807, 2.05) is 0 Å². The maximum atomic E-state index is 2.42. The lowest BCUT2D eigenvalue weighted by molar-refractivity contribution is 0.692. The van der Waals surface area contributed by atoms with Gasteiger partial charge in [-0.15, -0.1) is 0 Å². The van der Waals surface area contributed by atoms with Gasteiger partial charge in [-0.3, -0.25) is 0 Å². The first-order chi connectivity index (χ1) is 5.22. The topological polar surface area (TPSA) is 0 Å². The van der Waals surface area contributed by atoms with Gasteiger partial charge in [0.15, 0.2) is 0 Å². The smallest absolute Gasteiger partial charge is 0.0260 e. The van der Waals surface area contributed by atoms with Crippen LogP contribution >= 0.6 is 0 Å². The van der Waals surface area contributed by atoms with Gasteiger partial charge < -0.3 is 0 Å². The highest BCUT2D eigenvalue weighted by atomic mass is 14.1. The summed E-state index contributed by atoms with van der Waals surface area (Å²) >= 11 is 0. The van der Waals surface area contributed by atoms with E-state index in [9.17, 15) is 0 Å². The summed E-state index contributed by atoms with van der Waals surface area (Å²) in [4.78, 5) is 0. The van der Waals surface area contributed by atoms with E-state index in [1.165, 1.54) is 25.7 Å². The Balaban J connectivity index is 3.86. The molecule has 0 aliphatic carbocycles. The molecule has 0 amide bonds. The van der Waals surface area contributed by atoms with Crippen LogP contribution in [0.3, 0.4) is 0 Å². The van der Waals surface area contributed by atoms with Gasteiger partial charge in [-0.2, -0.15) is 0 Å². The predicted molar refractivity (Wildman–Crippen MR) is 52.7 cm³/mol. The van der Waals surface area contributed by atoms with Crippen molar-refractivity contribution in [1.82, 2.24) is 0 Å². The third-order valence-electron chi connectivity index (χ3n) is 1.98. The summed E-state index contributed by atoms with van der Waals surface area (Å²) in [5.74, 6) is 0.751. The van der Waals surface area contributed by atoms with Gasteiger partial charge in [-0.05, 0) is 18.8 Å². The van der Waals surface area contributed by atoms with Crippen molar-refractivity contribution < 1.29 is 0 Å². The van der Waals surface area contributed by atoms with Crippen LogP contribution in [0.1, 0.15) is 53.4 Å². The fourth-order valence-electron chi connectivity index (χ4n) is 1.24. The second kappa shape index (κ2) is 6.45. The first-order valence-corrected chi connectivity index (χ1v) is 4.91. The summed E-state index contributed by atoms with van der Waals surface area (Å²) in [5.41, 5.74) is 1.65. The molecule has 0 aromatic rings. The minimum Gasteiger partial charge on any atom is -0.0851 e. The van der Waals surface area contributed by atoms with Gasteiger partial charge in [-0.1, -0.05) is 52.2 Å². The number of unbranched alkanes of at least 4 members (excludes halogenated alkanes) is 1. The molecule has 0 aliphatic rings. The molecule has 0 atom stereocenters. The molecule has 11 heavy (non-hydrogen) atoms.